The van der Waals surface area contributed by atoms with Crippen molar-refractivity contribution >= 4 is 17.4 Å². The van der Waals surface area contributed by atoms with Gasteiger partial charge < -0.3 is 20.6 Å². The number of hydrogen-bond acceptors (Lipinski definition) is 6. The van der Waals surface area contributed by atoms with Crippen LogP contribution in [0, 0.1) is 12.3 Å². The smallest absolute Gasteiger partial charge is 0.347 e. The first-order chi connectivity index (χ1) is 15.6. The van der Waals surface area contributed by atoms with Crippen LogP contribution in [0.4, 0.5) is 5.69 Å². The number of aromatic nitrogens is 2. The Hall–Kier alpha value is -3.16. The van der Waals surface area contributed by atoms with Gasteiger partial charge in [-0.25, -0.2) is 9.78 Å². The van der Waals surface area contributed by atoms with Gasteiger partial charge in [0.05, 0.1) is 5.71 Å². The Balaban J connectivity index is 0.00000265. The third kappa shape index (κ3) is 7.44. The van der Waals surface area contributed by atoms with Gasteiger partial charge in [0.25, 0.3) is 5.56 Å². The van der Waals surface area contributed by atoms with Crippen LogP contribution < -0.4 is 15.6 Å². The Labute approximate surface area is 196 Å². The van der Waals surface area contributed by atoms with E-state index in [9.17, 15) is 9.59 Å². The molecular formula is C25H38N4O4. The van der Waals surface area contributed by atoms with Gasteiger partial charge in [0, 0.05) is 13.6 Å². The largest absolute Gasteiger partial charge is 0.478 e. The Kier molecular flexibility index (Phi) is 10.8. The quantitative estimate of drug-likeness (QED) is 0.422. The minimum absolute atomic E-state index is 0.162. The van der Waals surface area contributed by atoms with Crippen molar-refractivity contribution in [3.8, 4) is 5.75 Å². The van der Waals surface area contributed by atoms with Crippen LogP contribution in [0.5, 0.6) is 5.75 Å². The van der Waals surface area contributed by atoms with Gasteiger partial charge in [-0.05, 0) is 57.7 Å². The van der Waals surface area contributed by atoms with Gasteiger partial charge in [-0.1, -0.05) is 39.3 Å². The number of nitrogens with zero attached hydrogens (tertiary/aromatic N) is 2. The molecule has 0 spiro atoms. The van der Waals surface area contributed by atoms with Crippen LogP contribution in [-0.2, 0) is 17.8 Å². The summed E-state index contributed by atoms with van der Waals surface area (Å²) >= 11 is 0. The average Bonchev–Trinajstić information content (AvgIpc) is 2.78. The van der Waals surface area contributed by atoms with E-state index in [1.807, 2.05) is 32.9 Å². The maximum absolute atomic E-state index is 12.9. The van der Waals surface area contributed by atoms with Crippen molar-refractivity contribution in [3.63, 3.8) is 0 Å². The van der Waals surface area contributed by atoms with E-state index in [0.29, 0.717) is 41.6 Å². The number of nitrogens with one attached hydrogen (secondary N) is 2. The van der Waals surface area contributed by atoms with Crippen molar-refractivity contribution in [1.29, 1.82) is 5.41 Å². The molecule has 0 bridgehead atoms. The molecule has 0 radical (unpaired) electrons. The Morgan fingerprint density at radius 1 is 1.24 bits per heavy atom. The summed E-state index contributed by atoms with van der Waals surface area (Å²) in [6, 6.07) is 7.31. The molecule has 1 aromatic heterocycles. The van der Waals surface area contributed by atoms with Gasteiger partial charge in [-0.3, -0.25) is 9.36 Å². The van der Waals surface area contributed by atoms with Crippen molar-refractivity contribution in [2.24, 2.45) is 0 Å². The minimum atomic E-state index is -1.29. The minimum Gasteiger partial charge on any atom is -0.478 e. The molecule has 33 heavy (non-hydrogen) atoms. The first kappa shape index (κ1) is 27.9. The third-order valence-electron chi connectivity index (χ3n) is 5.05. The molecule has 2 rings (SSSR count). The van der Waals surface area contributed by atoms with Crippen LogP contribution in [0.1, 0.15) is 71.0 Å². The second-order valence-corrected chi connectivity index (χ2v) is 7.98. The number of ether oxygens (including phenoxy) is 1. The highest BCUT2D eigenvalue weighted by Gasteiger charge is 2.29. The Bertz CT molecular complexity index is 995. The molecule has 0 unspecified atom stereocenters. The predicted molar refractivity (Wildman–Crippen MR) is 133 cm³/mol. The van der Waals surface area contributed by atoms with E-state index >= 15 is 0 Å². The molecule has 0 aliphatic carbocycles. The summed E-state index contributed by atoms with van der Waals surface area (Å²) in [5.74, 6) is 0.0680. The van der Waals surface area contributed by atoms with E-state index in [4.69, 9.17) is 15.3 Å². The topological polar surface area (TPSA) is 117 Å². The zero-order valence-electron chi connectivity index (χ0n) is 20.9. The summed E-state index contributed by atoms with van der Waals surface area (Å²) in [5, 5.41) is 20.3. The van der Waals surface area contributed by atoms with Gasteiger partial charge in [0.2, 0.25) is 0 Å². The number of rotatable bonds is 11. The van der Waals surface area contributed by atoms with Gasteiger partial charge in [0.1, 0.15) is 23.0 Å². The maximum Gasteiger partial charge on any atom is 0.347 e. The van der Waals surface area contributed by atoms with Crippen molar-refractivity contribution in [2.75, 3.05) is 12.4 Å². The molecule has 8 heteroatoms. The molecule has 3 N–H and O–H groups in total. The molecule has 2 aromatic rings. The summed E-state index contributed by atoms with van der Waals surface area (Å²) in [5.41, 5.74) is 0.777. The maximum atomic E-state index is 12.9. The molecular weight excluding hydrogens is 420 g/mol. The standard InChI is InChI=1S/C23H32N4O4.C2H6/c1-6-8-18(24)19-20(25-5)21(28)27(15(2)26-19)14-7-9-16-10-12-17(13-11-16)31-23(3,4)22(29)30;1-2/h10-13,24-25H,6-9,14H2,1-5H3,(H,29,30);1-2H3. The molecule has 0 aliphatic heterocycles. The van der Waals surface area contributed by atoms with Crippen molar-refractivity contribution in [1.82, 2.24) is 9.55 Å². The highest BCUT2D eigenvalue weighted by atomic mass is 16.5. The number of carbonyl (C=O) groups is 1. The van der Waals surface area contributed by atoms with Crippen LogP contribution in [0.3, 0.4) is 0 Å². The molecule has 8 nitrogen and oxygen atoms in total. The van der Waals surface area contributed by atoms with Gasteiger partial charge in [0.15, 0.2) is 5.60 Å². The number of anilines is 1. The summed E-state index contributed by atoms with van der Waals surface area (Å²) in [4.78, 5) is 28.6. The van der Waals surface area contributed by atoms with E-state index in [0.717, 1.165) is 24.8 Å². The number of carboxylic acid groups (broad SMARTS) is 1. The summed E-state index contributed by atoms with van der Waals surface area (Å²) < 4.78 is 7.16. The van der Waals surface area contributed by atoms with Crippen molar-refractivity contribution in [3.05, 3.63) is 51.7 Å². The molecule has 182 valence electrons. The van der Waals surface area contributed by atoms with E-state index in [1.165, 1.54) is 13.8 Å². The lowest BCUT2D eigenvalue weighted by atomic mass is 10.1. The zero-order chi connectivity index (χ0) is 25.2. The molecule has 0 atom stereocenters. The Morgan fingerprint density at radius 3 is 2.36 bits per heavy atom. The number of aryl methyl sites for hydroxylation is 2. The van der Waals surface area contributed by atoms with E-state index in [2.05, 4.69) is 10.3 Å². The van der Waals surface area contributed by atoms with E-state index in [1.54, 1.807) is 30.7 Å². The highest BCUT2D eigenvalue weighted by molar-refractivity contribution is 6.00. The SMILES string of the molecule is CC.CCCC(=N)c1nc(C)n(CCCc2ccc(OC(C)(C)C(=O)O)cc2)c(=O)c1NC. The zero-order valence-corrected chi connectivity index (χ0v) is 20.9. The van der Waals surface area contributed by atoms with Crippen LogP contribution >= 0.6 is 0 Å². The number of aliphatic carboxylic acids is 1. The lowest BCUT2D eigenvalue weighted by molar-refractivity contribution is -0.152. The molecule has 0 aliphatic rings. The second-order valence-electron chi connectivity index (χ2n) is 7.98. The fourth-order valence-electron chi connectivity index (χ4n) is 3.24. The van der Waals surface area contributed by atoms with Crippen molar-refractivity contribution in [2.45, 2.75) is 79.4 Å². The molecule has 0 saturated carbocycles. The predicted octanol–water partition coefficient (Wildman–Crippen LogP) is 4.66. The molecule has 1 aromatic carbocycles. The van der Waals surface area contributed by atoms with Gasteiger partial charge in [-0.15, -0.1) is 0 Å². The molecule has 0 fully saturated rings. The molecule has 0 saturated heterocycles. The first-order valence-corrected chi connectivity index (χ1v) is 11.5. The van der Waals surface area contributed by atoms with Crippen LogP contribution in [-0.4, -0.2) is 39.0 Å². The summed E-state index contributed by atoms with van der Waals surface area (Å²) in [6.07, 6.45) is 2.88. The number of carboxylic acids is 1. The fraction of sp³-hybridized carbons (Fsp3) is 0.520. The Morgan fingerprint density at radius 2 is 1.85 bits per heavy atom. The van der Waals surface area contributed by atoms with E-state index in [-0.39, 0.29) is 5.56 Å². The normalized spacial score (nSPS) is 10.8. The second kappa shape index (κ2) is 12.8. The van der Waals surface area contributed by atoms with Crippen LogP contribution in [0.25, 0.3) is 0 Å². The van der Waals surface area contributed by atoms with Gasteiger partial charge >= 0.3 is 5.97 Å². The summed E-state index contributed by atoms with van der Waals surface area (Å²) in [6.45, 7) is 11.3. The van der Waals surface area contributed by atoms with Crippen molar-refractivity contribution < 1.29 is 14.6 Å². The average molecular weight is 459 g/mol. The first-order valence-electron chi connectivity index (χ1n) is 11.5. The van der Waals surface area contributed by atoms with Gasteiger partial charge in [-0.2, -0.15) is 0 Å². The lowest BCUT2D eigenvalue weighted by Crippen LogP contribution is -2.37. The lowest BCUT2D eigenvalue weighted by Gasteiger charge is -2.21. The van der Waals surface area contributed by atoms with Crippen LogP contribution in [0.2, 0.25) is 0 Å². The number of hydrogen-bond donors (Lipinski definition) is 3. The van der Waals surface area contributed by atoms with E-state index < -0.39 is 11.6 Å². The number of benzene rings is 1. The monoisotopic (exact) mass is 458 g/mol. The fourth-order valence-corrected chi connectivity index (χ4v) is 3.24. The molecule has 0 amide bonds. The molecule has 1 heterocycles. The van der Waals surface area contributed by atoms with Crippen LogP contribution in [0.15, 0.2) is 29.1 Å². The third-order valence-corrected chi connectivity index (χ3v) is 5.05. The summed E-state index contributed by atoms with van der Waals surface area (Å²) in [7, 11) is 1.68. The highest BCUT2D eigenvalue weighted by Crippen LogP contribution is 2.20.